The Hall–Kier alpha value is -2.57. The lowest BCUT2D eigenvalue weighted by Gasteiger charge is -2.29. The van der Waals surface area contributed by atoms with Gasteiger partial charge >= 0.3 is 0 Å². The number of oxazole rings is 1. The molecule has 2 aliphatic rings. The maximum atomic E-state index is 12.6. The Morgan fingerprint density at radius 1 is 1.08 bits per heavy atom. The number of likely N-dealkylation sites (tertiary alicyclic amines) is 2. The van der Waals surface area contributed by atoms with Gasteiger partial charge in [0.1, 0.15) is 5.76 Å². The molecule has 4 rings (SSSR count). The van der Waals surface area contributed by atoms with E-state index in [2.05, 4.69) is 4.98 Å². The van der Waals surface area contributed by atoms with Crippen molar-refractivity contribution in [1.82, 2.24) is 14.8 Å². The van der Waals surface area contributed by atoms with Gasteiger partial charge in [0.05, 0.1) is 6.26 Å². The summed E-state index contributed by atoms with van der Waals surface area (Å²) in [6, 6.07) is 3.40. The number of carbonyl (C=O) groups is 2. The molecule has 0 spiro atoms. The minimum Gasteiger partial charge on any atom is -0.459 e. The predicted octanol–water partition coefficient (Wildman–Crippen LogP) is 2.83. The van der Waals surface area contributed by atoms with Crippen LogP contribution in [0.4, 0.5) is 0 Å². The van der Waals surface area contributed by atoms with Crippen molar-refractivity contribution in [3.05, 3.63) is 41.5 Å². The van der Waals surface area contributed by atoms with Crippen LogP contribution >= 0.6 is 0 Å². The zero-order chi connectivity index (χ0) is 18.1. The number of aromatic nitrogens is 1. The number of furan rings is 1. The van der Waals surface area contributed by atoms with Gasteiger partial charge in [-0.3, -0.25) is 9.59 Å². The number of nitrogens with zero attached hydrogens (tertiary/aromatic N) is 3. The first-order chi connectivity index (χ1) is 12.6. The molecular weight excluding hydrogens is 334 g/mol. The molecular formula is C19H23N3O4. The molecule has 2 fully saturated rings. The molecule has 0 aliphatic carbocycles. The number of piperidine rings is 1. The maximum Gasteiger partial charge on any atom is 0.289 e. The van der Waals surface area contributed by atoms with Crippen molar-refractivity contribution in [3.63, 3.8) is 0 Å². The Kier molecular flexibility index (Phi) is 4.53. The SMILES string of the molecule is Cc1oc(C2CCN(C(=O)c3ccco3)CC2)nc1C(=O)N1CCCC1. The van der Waals surface area contributed by atoms with Crippen LogP contribution in [0.2, 0.25) is 0 Å². The zero-order valence-corrected chi connectivity index (χ0v) is 14.9. The largest absolute Gasteiger partial charge is 0.459 e. The summed E-state index contributed by atoms with van der Waals surface area (Å²) in [5, 5.41) is 0. The van der Waals surface area contributed by atoms with Crippen LogP contribution in [-0.4, -0.2) is 52.8 Å². The van der Waals surface area contributed by atoms with E-state index in [1.54, 1.807) is 24.0 Å². The van der Waals surface area contributed by atoms with E-state index in [0.717, 1.165) is 38.8 Å². The van der Waals surface area contributed by atoms with Crippen LogP contribution in [0, 0.1) is 6.92 Å². The van der Waals surface area contributed by atoms with Gasteiger partial charge in [-0.1, -0.05) is 0 Å². The normalized spacial score (nSPS) is 18.5. The van der Waals surface area contributed by atoms with E-state index in [4.69, 9.17) is 8.83 Å². The van der Waals surface area contributed by atoms with Crippen molar-refractivity contribution < 1.29 is 18.4 Å². The van der Waals surface area contributed by atoms with E-state index in [-0.39, 0.29) is 17.7 Å². The molecule has 2 aromatic heterocycles. The van der Waals surface area contributed by atoms with Crippen LogP contribution in [0.5, 0.6) is 0 Å². The molecule has 7 heteroatoms. The minimum atomic E-state index is -0.0815. The highest BCUT2D eigenvalue weighted by Crippen LogP contribution is 2.30. The van der Waals surface area contributed by atoms with Crippen molar-refractivity contribution in [3.8, 4) is 0 Å². The summed E-state index contributed by atoms with van der Waals surface area (Å²) in [7, 11) is 0. The van der Waals surface area contributed by atoms with Crippen LogP contribution in [-0.2, 0) is 0 Å². The fourth-order valence-corrected chi connectivity index (χ4v) is 3.75. The topological polar surface area (TPSA) is 79.8 Å². The lowest BCUT2D eigenvalue weighted by Crippen LogP contribution is -2.37. The molecule has 0 saturated carbocycles. The summed E-state index contributed by atoms with van der Waals surface area (Å²) in [5.41, 5.74) is 0.441. The Labute approximate surface area is 152 Å². The Bertz CT molecular complexity index is 782. The third-order valence-corrected chi connectivity index (χ3v) is 5.27. The smallest absolute Gasteiger partial charge is 0.289 e. The highest BCUT2D eigenvalue weighted by atomic mass is 16.4. The van der Waals surface area contributed by atoms with Crippen molar-refractivity contribution in [1.29, 1.82) is 0 Å². The molecule has 4 heterocycles. The summed E-state index contributed by atoms with van der Waals surface area (Å²) < 4.78 is 11.0. The lowest BCUT2D eigenvalue weighted by molar-refractivity contribution is 0.0673. The molecule has 0 N–H and O–H groups in total. The van der Waals surface area contributed by atoms with Gasteiger partial charge < -0.3 is 18.6 Å². The maximum absolute atomic E-state index is 12.6. The Balaban J connectivity index is 1.41. The molecule has 0 atom stereocenters. The summed E-state index contributed by atoms with van der Waals surface area (Å²) in [5.74, 6) is 1.60. The fraction of sp³-hybridized carbons (Fsp3) is 0.526. The highest BCUT2D eigenvalue weighted by Gasteiger charge is 2.31. The van der Waals surface area contributed by atoms with E-state index in [9.17, 15) is 9.59 Å². The fourth-order valence-electron chi connectivity index (χ4n) is 3.75. The van der Waals surface area contributed by atoms with Crippen LogP contribution < -0.4 is 0 Å². The van der Waals surface area contributed by atoms with E-state index >= 15 is 0 Å². The molecule has 0 aromatic carbocycles. The zero-order valence-electron chi connectivity index (χ0n) is 14.9. The van der Waals surface area contributed by atoms with Gasteiger partial charge in [-0.25, -0.2) is 4.98 Å². The second-order valence-electron chi connectivity index (χ2n) is 7.00. The van der Waals surface area contributed by atoms with Gasteiger partial charge in [0.2, 0.25) is 0 Å². The van der Waals surface area contributed by atoms with Crippen molar-refractivity contribution in [2.45, 2.75) is 38.5 Å². The first-order valence-electron chi connectivity index (χ1n) is 9.23. The van der Waals surface area contributed by atoms with Gasteiger partial charge in [0.15, 0.2) is 17.3 Å². The molecule has 26 heavy (non-hydrogen) atoms. The van der Waals surface area contributed by atoms with Crippen LogP contribution in [0.1, 0.15) is 64.3 Å². The number of hydrogen-bond acceptors (Lipinski definition) is 5. The Morgan fingerprint density at radius 2 is 1.77 bits per heavy atom. The van der Waals surface area contributed by atoms with Gasteiger partial charge in [0, 0.05) is 32.1 Å². The van der Waals surface area contributed by atoms with Crippen molar-refractivity contribution in [2.24, 2.45) is 0 Å². The Morgan fingerprint density at radius 3 is 2.42 bits per heavy atom. The quantitative estimate of drug-likeness (QED) is 0.844. The third-order valence-electron chi connectivity index (χ3n) is 5.27. The third kappa shape index (κ3) is 3.13. The average Bonchev–Trinajstić information content (AvgIpc) is 3.42. The van der Waals surface area contributed by atoms with Gasteiger partial charge in [0.25, 0.3) is 11.8 Å². The van der Waals surface area contributed by atoms with Gasteiger partial charge in [-0.15, -0.1) is 0 Å². The molecule has 2 aliphatic heterocycles. The number of carbonyl (C=O) groups excluding carboxylic acids is 2. The van der Waals surface area contributed by atoms with E-state index < -0.39 is 0 Å². The molecule has 2 saturated heterocycles. The highest BCUT2D eigenvalue weighted by molar-refractivity contribution is 5.93. The monoisotopic (exact) mass is 357 g/mol. The summed E-state index contributed by atoms with van der Waals surface area (Å²) in [6.07, 6.45) is 5.15. The molecule has 7 nitrogen and oxygen atoms in total. The number of rotatable bonds is 3. The number of aryl methyl sites for hydroxylation is 1. The van der Waals surface area contributed by atoms with E-state index in [0.29, 0.717) is 36.2 Å². The van der Waals surface area contributed by atoms with Crippen LogP contribution in [0.3, 0.4) is 0 Å². The second-order valence-corrected chi connectivity index (χ2v) is 7.00. The van der Waals surface area contributed by atoms with E-state index in [1.165, 1.54) is 6.26 Å². The average molecular weight is 357 g/mol. The number of hydrogen-bond donors (Lipinski definition) is 0. The summed E-state index contributed by atoms with van der Waals surface area (Å²) in [6.45, 7) is 4.65. The first-order valence-corrected chi connectivity index (χ1v) is 9.23. The lowest BCUT2D eigenvalue weighted by atomic mass is 9.96. The van der Waals surface area contributed by atoms with Gasteiger partial charge in [-0.05, 0) is 44.7 Å². The van der Waals surface area contributed by atoms with Crippen LogP contribution in [0.25, 0.3) is 0 Å². The molecule has 2 amide bonds. The van der Waals surface area contributed by atoms with Gasteiger partial charge in [-0.2, -0.15) is 0 Å². The summed E-state index contributed by atoms with van der Waals surface area (Å²) >= 11 is 0. The van der Waals surface area contributed by atoms with Crippen LogP contribution in [0.15, 0.2) is 27.2 Å². The van der Waals surface area contributed by atoms with E-state index in [1.807, 2.05) is 4.90 Å². The molecule has 0 radical (unpaired) electrons. The molecule has 138 valence electrons. The van der Waals surface area contributed by atoms with Crippen molar-refractivity contribution >= 4 is 11.8 Å². The molecule has 2 aromatic rings. The molecule has 0 unspecified atom stereocenters. The number of amides is 2. The second kappa shape index (κ2) is 6.97. The first kappa shape index (κ1) is 16.9. The summed E-state index contributed by atoms with van der Waals surface area (Å²) in [4.78, 5) is 33.1. The predicted molar refractivity (Wildman–Crippen MR) is 93.0 cm³/mol. The van der Waals surface area contributed by atoms with Crippen molar-refractivity contribution in [2.75, 3.05) is 26.2 Å². The molecule has 0 bridgehead atoms. The minimum absolute atomic E-state index is 0.0274. The standard InChI is InChI=1S/C19H23N3O4/c1-13-16(19(24)21-8-2-3-9-21)20-17(26-13)14-6-10-22(11-7-14)18(23)15-5-4-12-25-15/h4-5,12,14H,2-3,6-11H2,1H3.